The first kappa shape index (κ1) is 42.0. The number of hydrogen-bond acceptors (Lipinski definition) is 12. The van der Waals surface area contributed by atoms with E-state index in [4.69, 9.17) is 5.73 Å². The first-order valence-electron chi connectivity index (χ1n) is 20.5. The summed E-state index contributed by atoms with van der Waals surface area (Å²) in [6.45, 7) is 12.9. The zero-order valence-electron chi connectivity index (χ0n) is 34.9. The van der Waals surface area contributed by atoms with Gasteiger partial charge in [-0.2, -0.15) is 0 Å². The zero-order chi connectivity index (χ0) is 42.6. The Labute approximate surface area is 355 Å². The van der Waals surface area contributed by atoms with Crippen LogP contribution in [-0.4, -0.2) is 92.7 Å². The number of anilines is 3. The third-order valence-corrected chi connectivity index (χ3v) is 12.4. The van der Waals surface area contributed by atoms with Gasteiger partial charge in [-0.15, -0.1) is 21.5 Å². The van der Waals surface area contributed by atoms with Crippen molar-refractivity contribution in [2.24, 2.45) is 5.41 Å². The van der Waals surface area contributed by atoms with Crippen LogP contribution >= 0.6 is 11.3 Å². The van der Waals surface area contributed by atoms with E-state index in [2.05, 4.69) is 40.6 Å². The lowest BCUT2D eigenvalue weighted by molar-refractivity contribution is -0.144. The van der Waals surface area contributed by atoms with E-state index in [-0.39, 0.29) is 35.9 Å². The Bertz CT molecular complexity index is 2320. The minimum absolute atomic E-state index is 0.127. The molecule has 0 aliphatic carbocycles. The van der Waals surface area contributed by atoms with Gasteiger partial charge < -0.3 is 36.2 Å². The molecule has 15 heteroatoms. The number of nitrogens with two attached hydrogens (primary N) is 1. The van der Waals surface area contributed by atoms with Gasteiger partial charge in [0.25, 0.3) is 0 Å². The Kier molecular flexibility index (Phi) is 12.6. The average molecular weight is 831 g/mol. The van der Waals surface area contributed by atoms with Crippen molar-refractivity contribution in [3.05, 3.63) is 95.3 Å². The summed E-state index contributed by atoms with van der Waals surface area (Å²) in [4.78, 5) is 57.5. The molecule has 0 unspecified atom stereocenters. The van der Waals surface area contributed by atoms with Crippen molar-refractivity contribution in [3.63, 3.8) is 0 Å². The minimum atomic E-state index is -0.804. The Hall–Kier alpha value is -6.09. The normalized spacial score (nSPS) is 16.7. The maximum atomic E-state index is 14.2. The minimum Gasteiger partial charge on any atom is -0.507 e. The van der Waals surface area contributed by atoms with E-state index in [0.717, 1.165) is 38.8 Å². The quantitative estimate of drug-likeness (QED) is 0.117. The van der Waals surface area contributed by atoms with Gasteiger partial charge in [0.1, 0.15) is 23.7 Å². The number of carbonyl (C=O) groups is 3. The number of nitrogens with zero attached hydrogens (tertiary/aromatic N) is 7. The number of rotatable bonds is 12. The molecule has 5 heterocycles. The Morgan fingerprint density at radius 3 is 2.37 bits per heavy atom. The predicted octanol–water partition coefficient (Wildman–Crippen LogP) is 5.92. The van der Waals surface area contributed by atoms with Crippen LogP contribution in [0.2, 0.25) is 0 Å². The Morgan fingerprint density at radius 1 is 0.933 bits per heavy atom. The van der Waals surface area contributed by atoms with Gasteiger partial charge in [0.2, 0.25) is 17.7 Å². The van der Waals surface area contributed by atoms with Crippen LogP contribution in [0, 0.1) is 12.3 Å². The number of para-hydroxylation sites is 1. The van der Waals surface area contributed by atoms with Crippen molar-refractivity contribution >= 4 is 46.4 Å². The van der Waals surface area contributed by atoms with Crippen molar-refractivity contribution in [3.8, 4) is 27.4 Å². The van der Waals surface area contributed by atoms with Gasteiger partial charge >= 0.3 is 0 Å². The summed E-state index contributed by atoms with van der Waals surface area (Å²) in [5, 5.41) is 24.9. The molecule has 5 aromatic rings. The fourth-order valence-corrected chi connectivity index (χ4v) is 8.75. The van der Waals surface area contributed by atoms with Gasteiger partial charge in [-0.3, -0.25) is 14.4 Å². The van der Waals surface area contributed by atoms with Crippen LogP contribution in [0.5, 0.6) is 5.75 Å². The highest BCUT2D eigenvalue weighted by atomic mass is 32.1. The van der Waals surface area contributed by atoms with E-state index < -0.39 is 17.5 Å². The molecule has 2 aliphatic heterocycles. The first-order valence-corrected chi connectivity index (χ1v) is 21.4. The molecule has 2 aromatic carbocycles. The summed E-state index contributed by atoms with van der Waals surface area (Å²) in [5.74, 6) is 0.612. The van der Waals surface area contributed by atoms with Gasteiger partial charge in [-0.1, -0.05) is 57.2 Å². The highest BCUT2D eigenvalue weighted by Crippen LogP contribution is 2.33. The molecule has 2 saturated heterocycles. The monoisotopic (exact) mass is 830 g/mol. The molecule has 314 valence electrons. The van der Waals surface area contributed by atoms with Gasteiger partial charge in [0.15, 0.2) is 5.82 Å². The molecular formula is C45H54N10O4S. The number of phenols is 1. The van der Waals surface area contributed by atoms with Crippen LogP contribution in [0.1, 0.15) is 69.8 Å². The second-order valence-electron chi connectivity index (χ2n) is 16.7. The van der Waals surface area contributed by atoms with E-state index in [1.807, 2.05) is 88.7 Å². The van der Waals surface area contributed by atoms with Gasteiger partial charge in [-0.05, 0) is 85.5 Å². The average Bonchev–Trinajstić information content (AvgIpc) is 3.92. The van der Waals surface area contributed by atoms with E-state index in [1.54, 1.807) is 40.6 Å². The molecule has 0 radical (unpaired) electrons. The van der Waals surface area contributed by atoms with E-state index >= 15 is 0 Å². The standard InChI is InChI=1S/C45H54N10O4S/c1-28(31-13-15-32(16-14-31)40-29(2)48-27-60-40)49-43(58)35-10-8-20-55(35)44(59)41(45(3,4)5)50-39(57)17-12-30-18-19-47-38(25-30)54-23-21-53(22-24-54)36-26-34(51-52-42(36)46)33-9-6-7-11-37(33)56/h6-7,9,11,13-16,18-19,25-28,35,41,56H,8,10,12,17,20-24H2,1-5H3,(H2,46,52)(H,49,58)(H,50,57)/t28-,35-,41+/m0/s1. The molecule has 5 N–H and O–H groups in total. The van der Waals surface area contributed by atoms with Crippen LogP contribution in [0.3, 0.4) is 0 Å². The molecule has 3 atom stereocenters. The lowest BCUT2D eigenvalue weighted by Gasteiger charge is -2.37. The number of hydrogen-bond donors (Lipinski definition) is 4. The van der Waals surface area contributed by atoms with Crippen molar-refractivity contribution < 1.29 is 19.5 Å². The molecule has 7 rings (SSSR count). The van der Waals surface area contributed by atoms with Crippen molar-refractivity contribution in [1.29, 1.82) is 0 Å². The summed E-state index contributed by atoms with van der Waals surface area (Å²) in [7, 11) is 0. The molecule has 2 aliphatic rings. The second kappa shape index (κ2) is 18.0. The van der Waals surface area contributed by atoms with Crippen LogP contribution in [0.15, 0.2) is 78.4 Å². The van der Waals surface area contributed by atoms with Gasteiger partial charge in [0, 0.05) is 50.9 Å². The number of thiazole rings is 1. The number of aromatic nitrogens is 4. The highest BCUT2D eigenvalue weighted by molar-refractivity contribution is 7.13. The number of pyridine rings is 1. The second-order valence-corrected chi connectivity index (χ2v) is 17.5. The number of aromatic hydroxyl groups is 1. The van der Waals surface area contributed by atoms with Crippen LogP contribution < -0.4 is 26.2 Å². The Balaban J connectivity index is 0.925. The molecule has 0 saturated carbocycles. The number of nitrogen functional groups attached to an aromatic ring is 1. The number of aryl methyl sites for hydroxylation is 2. The summed E-state index contributed by atoms with van der Waals surface area (Å²) in [5.41, 5.74) is 13.4. The van der Waals surface area contributed by atoms with Crippen LogP contribution in [0.4, 0.5) is 17.3 Å². The van der Waals surface area contributed by atoms with Crippen molar-refractivity contribution in [2.45, 2.75) is 78.4 Å². The van der Waals surface area contributed by atoms with Crippen molar-refractivity contribution in [2.75, 3.05) is 48.3 Å². The number of piperazine rings is 1. The number of carbonyl (C=O) groups excluding carboxylic acids is 3. The number of phenolic OH excluding ortho intramolecular Hbond substituents is 1. The smallest absolute Gasteiger partial charge is 0.246 e. The summed E-state index contributed by atoms with van der Waals surface area (Å²) in [6, 6.07) is 19.3. The van der Waals surface area contributed by atoms with Crippen molar-refractivity contribution in [1.82, 2.24) is 35.7 Å². The van der Waals surface area contributed by atoms with E-state index in [1.165, 1.54) is 0 Å². The predicted molar refractivity (Wildman–Crippen MR) is 235 cm³/mol. The highest BCUT2D eigenvalue weighted by Gasteiger charge is 2.42. The van der Waals surface area contributed by atoms with Crippen LogP contribution in [-0.2, 0) is 20.8 Å². The fourth-order valence-electron chi connectivity index (χ4n) is 7.94. The molecular weight excluding hydrogens is 777 g/mol. The van der Waals surface area contributed by atoms with Gasteiger partial charge in [-0.25, -0.2) is 9.97 Å². The summed E-state index contributed by atoms with van der Waals surface area (Å²) < 4.78 is 0. The van der Waals surface area contributed by atoms with Crippen LogP contribution in [0.25, 0.3) is 21.7 Å². The first-order chi connectivity index (χ1) is 28.8. The number of benzene rings is 2. The van der Waals surface area contributed by atoms with Gasteiger partial charge in [0.05, 0.1) is 33.5 Å². The molecule has 14 nitrogen and oxygen atoms in total. The maximum Gasteiger partial charge on any atom is 0.246 e. The molecule has 0 bridgehead atoms. The lowest BCUT2D eigenvalue weighted by atomic mass is 9.85. The third-order valence-electron chi connectivity index (χ3n) is 11.4. The Morgan fingerprint density at radius 2 is 1.67 bits per heavy atom. The SMILES string of the molecule is Cc1ncsc1-c1ccc([C@H](C)NC(=O)[C@@H]2CCCN2C(=O)[C@@H](NC(=O)CCc2ccnc(N3CCN(c4cc(-c5ccccc5O)nnc4N)CC3)c2)C(C)(C)C)cc1. The lowest BCUT2D eigenvalue weighted by Crippen LogP contribution is -2.57. The van der Waals surface area contributed by atoms with E-state index in [0.29, 0.717) is 69.1 Å². The molecule has 0 spiro atoms. The number of nitrogens with one attached hydrogen (secondary N) is 2. The summed E-state index contributed by atoms with van der Waals surface area (Å²) >= 11 is 1.60. The zero-order valence-corrected chi connectivity index (χ0v) is 35.7. The molecule has 3 aromatic heterocycles. The number of likely N-dealkylation sites (tertiary alicyclic amines) is 1. The van der Waals surface area contributed by atoms with E-state index in [9.17, 15) is 19.5 Å². The molecule has 2 fully saturated rings. The molecule has 60 heavy (non-hydrogen) atoms. The molecule has 3 amide bonds. The fraction of sp³-hybridized carbons (Fsp3) is 0.400. The largest absolute Gasteiger partial charge is 0.507 e. The third kappa shape index (κ3) is 9.52. The topological polar surface area (TPSA) is 183 Å². The number of amides is 3. The maximum absolute atomic E-state index is 14.2. The summed E-state index contributed by atoms with van der Waals surface area (Å²) in [6.07, 6.45) is 3.69.